The molecule has 8 heteroatoms. The van der Waals surface area contributed by atoms with Gasteiger partial charge in [-0.05, 0) is 64.9 Å². The van der Waals surface area contributed by atoms with Gasteiger partial charge < -0.3 is 14.8 Å². The second-order valence-electron chi connectivity index (χ2n) is 9.93. The van der Waals surface area contributed by atoms with E-state index in [2.05, 4.69) is 76.4 Å². The highest BCUT2D eigenvalue weighted by Crippen LogP contribution is 2.47. The van der Waals surface area contributed by atoms with E-state index in [4.69, 9.17) is 9.47 Å². The molecule has 1 aliphatic carbocycles. The van der Waals surface area contributed by atoms with E-state index in [-0.39, 0.29) is 11.2 Å². The Kier molecular flexibility index (Phi) is 6.17. The molecule has 35 heavy (non-hydrogen) atoms. The number of nitrogens with zero attached hydrogens (tertiary/aromatic N) is 3. The van der Waals surface area contributed by atoms with Gasteiger partial charge in [0.05, 0.1) is 11.1 Å². The zero-order chi connectivity index (χ0) is 24.7. The molecule has 5 rings (SSSR count). The first-order chi connectivity index (χ1) is 16.8. The van der Waals surface area contributed by atoms with Crippen LogP contribution in [-0.4, -0.2) is 27.2 Å². The highest BCUT2D eigenvalue weighted by Gasteiger charge is 2.41. The summed E-state index contributed by atoms with van der Waals surface area (Å²) in [6.07, 6.45) is 2.78. The molecule has 1 aromatic heterocycles. The van der Waals surface area contributed by atoms with Crippen molar-refractivity contribution in [2.45, 2.75) is 53.2 Å². The highest BCUT2D eigenvalue weighted by atomic mass is 79.9. The predicted octanol–water partition coefficient (Wildman–Crippen LogP) is 5.98. The Balaban J connectivity index is 1.55. The number of carbonyl (C=O) groups excluding carboxylic acids is 1. The molecule has 2 heterocycles. The molecule has 0 saturated carbocycles. The van der Waals surface area contributed by atoms with Crippen molar-refractivity contribution in [1.82, 2.24) is 14.8 Å². The quantitative estimate of drug-likeness (QED) is 0.417. The van der Waals surface area contributed by atoms with E-state index < -0.39 is 6.04 Å². The number of anilines is 1. The molecule has 0 spiro atoms. The van der Waals surface area contributed by atoms with Crippen molar-refractivity contribution in [3.05, 3.63) is 75.2 Å². The van der Waals surface area contributed by atoms with E-state index in [1.54, 1.807) is 4.68 Å². The summed E-state index contributed by atoms with van der Waals surface area (Å²) < 4.78 is 14.7. The summed E-state index contributed by atoms with van der Waals surface area (Å²) in [5.41, 5.74) is 4.72. The van der Waals surface area contributed by atoms with Gasteiger partial charge in [-0.2, -0.15) is 10.1 Å². The Morgan fingerprint density at radius 1 is 1.17 bits per heavy atom. The number of ketones is 1. The number of benzene rings is 2. The minimum Gasteiger partial charge on any atom is -0.490 e. The third-order valence-corrected chi connectivity index (χ3v) is 7.01. The van der Waals surface area contributed by atoms with Gasteiger partial charge in [0.2, 0.25) is 5.95 Å². The van der Waals surface area contributed by atoms with Crippen LogP contribution in [0.15, 0.2) is 58.5 Å². The van der Waals surface area contributed by atoms with Gasteiger partial charge in [-0.1, -0.05) is 43.7 Å². The van der Waals surface area contributed by atoms with E-state index in [1.165, 1.54) is 11.9 Å². The average molecular weight is 537 g/mol. The van der Waals surface area contributed by atoms with Crippen molar-refractivity contribution in [3.8, 4) is 11.5 Å². The average Bonchev–Trinajstić information content (AvgIpc) is 3.25. The van der Waals surface area contributed by atoms with Gasteiger partial charge in [0, 0.05) is 17.7 Å². The van der Waals surface area contributed by atoms with E-state index in [0.717, 1.165) is 33.3 Å². The normalized spacial score (nSPS) is 18.5. The van der Waals surface area contributed by atoms with E-state index in [9.17, 15) is 4.79 Å². The fourth-order valence-electron chi connectivity index (χ4n) is 4.85. The van der Waals surface area contributed by atoms with E-state index in [1.807, 2.05) is 19.1 Å². The number of carbonyl (C=O) groups is 1. The lowest BCUT2D eigenvalue weighted by Gasteiger charge is -2.38. The van der Waals surface area contributed by atoms with Gasteiger partial charge in [-0.25, -0.2) is 4.68 Å². The zero-order valence-electron chi connectivity index (χ0n) is 20.4. The van der Waals surface area contributed by atoms with Crippen molar-refractivity contribution >= 4 is 27.7 Å². The maximum atomic E-state index is 13.4. The van der Waals surface area contributed by atoms with Crippen molar-refractivity contribution in [2.75, 3.05) is 11.9 Å². The van der Waals surface area contributed by atoms with Crippen LogP contribution < -0.4 is 14.8 Å². The summed E-state index contributed by atoms with van der Waals surface area (Å²) >= 11 is 3.70. The standard InChI is InChI=1S/C27H29BrN4O3/c1-5-34-22-11-18(10-19(28)25(22)35-14-17-8-6-16(2)7-9-17)24-23-20(12-27(3,4)13-21(23)33)31-26-29-15-30-32(24)26/h6-11,15,24H,5,12-14H2,1-4H3,(H,29,30,31). The van der Waals surface area contributed by atoms with Gasteiger partial charge in [0.15, 0.2) is 17.3 Å². The molecule has 0 amide bonds. The van der Waals surface area contributed by atoms with Crippen LogP contribution >= 0.6 is 15.9 Å². The number of Topliss-reactive ketones (excluding diaryl/α,β-unsaturated/α-hetero) is 1. The lowest BCUT2D eigenvalue weighted by atomic mass is 9.73. The number of allylic oxidation sites excluding steroid dienone is 2. The molecular weight excluding hydrogens is 508 g/mol. The number of hydrogen-bond acceptors (Lipinski definition) is 6. The Morgan fingerprint density at radius 2 is 1.94 bits per heavy atom. The van der Waals surface area contributed by atoms with Crippen molar-refractivity contribution in [1.29, 1.82) is 0 Å². The fraction of sp³-hybridized carbons (Fsp3) is 0.370. The molecule has 0 saturated heterocycles. The largest absolute Gasteiger partial charge is 0.490 e. The molecule has 1 N–H and O–H groups in total. The second-order valence-corrected chi connectivity index (χ2v) is 10.8. The summed E-state index contributed by atoms with van der Waals surface area (Å²) in [5, 5.41) is 7.81. The summed E-state index contributed by atoms with van der Waals surface area (Å²) in [6, 6.07) is 11.8. The SMILES string of the molecule is CCOc1cc(C2C3=C(CC(C)(C)CC3=O)Nc3ncnn32)cc(Br)c1OCc1ccc(C)cc1. The third-order valence-electron chi connectivity index (χ3n) is 6.42. The molecule has 0 fully saturated rings. The maximum absolute atomic E-state index is 13.4. The van der Waals surface area contributed by atoms with Gasteiger partial charge in [0.25, 0.3) is 0 Å². The number of rotatable bonds is 6. The topological polar surface area (TPSA) is 78.3 Å². The first-order valence-electron chi connectivity index (χ1n) is 11.8. The Bertz CT molecular complexity index is 1310. The lowest BCUT2D eigenvalue weighted by Crippen LogP contribution is -2.36. The van der Waals surface area contributed by atoms with Crippen LogP contribution in [0.25, 0.3) is 0 Å². The molecule has 182 valence electrons. The van der Waals surface area contributed by atoms with Gasteiger partial charge >= 0.3 is 0 Å². The molecule has 0 bridgehead atoms. The predicted molar refractivity (Wildman–Crippen MR) is 138 cm³/mol. The number of ether oxygens (including phenoxy) is 2. The lowest BCUT2D eigenvalue weighted by molar-refractivity contribution is -0.118. The van der Waals surface area contributed by atoms with Crippen LogP contribution in [0.2, 0.25) is 0 Å². The molecule has 0 radical (unpaired) electrons. The first-order valence-corrected chi connectivity index (χ1v) is 12.6. The molecular formula is C27H29BrN4O3. The van der Waals surface area contributed by atoms with Crippen molar-refractivity contribution < 1.29 is 14.3 Å². The summed E-state index contributed by atoms with van der Waals surface area (Å²) in [5.74, 6) is 2.01. The van der Waals surface area contributed by atoms with E-state index >= 15 is 0 Å². The minimum absolute atomic E-state index is 0.111. The molecule has 1 unspecified atom stereocenters. The van der Waals surface area contributed by atoms with E-state index in [0.29, 0.717) is 37.1 Å². The van der Waals surface area contributed by atoms with Gasteiger partial charge in [-0.3, -0.25) is 4.79 Å². The maximum Gasteiger partial charge on any atom is 0.226 e. The Morgan fingerprint density at radius 3 is 2.69 bits per heavy atom. The molecule has 7 nitrogen and oxygen atoms in total. The van der Waals surface area contributed by atoms with Crippen LogP contribution in [0.4, 0.5) is 5.95 Å². The van der Waals surface area contributed by atoms with Crippen molar-refractivity contribution in [3.63, 3.8) is 0 Å². The number of aryl methyl sites for hydroxylation is 1. The monoisotopic (exact) mass is 536 g/mol. The second kappa shape index (κ2) is 9.15. The third kappa shape index (κ3) is 4.59. The van der Waals surface area contributed by atoms with Crippen LogP contribution in [-0.2, 0) is 11.4 Å². The van der Waals surface area contributed by atoms with Crippen molar-refractivity contribution in [2.24, 2.45) is 5.41 Å². The number of halogens is 1. The first kappa shape index (κ1) is 23.6. The van der Waals surface area contributed by atoms with Crippen LogP contribution in [0.5, 0.6) is 11.5 Å². The summed E-state index contributed by atoms with van der Waals surface area (Å²) in [7, 11) is 0. The van der Waals surface area contributed by atoms with Gasteiger partial charge in [-0.15, -0.1) is 0 Å². The number of hydrogen-bond donors (Lipinski definition) is 1. The van der Waals surface area contributed by atoms with Crippen LogP contribution in [0.3, 0.4) is 0 Å². The number of nitrogens with one attached hydrogen (secondary N) is 1. The van der Waals surface area contributed by atoms with Crippen LogP contribution in [0.1, 0.15) is 56.3 Å². The Hall–Kier alpha value is -3.13. The molecule has 1 atom stereocenters. The smallest absolute Gasteiger partial charge is 0.226 e. The highest BCUT2D eigenvalue weighted by molar-refractivity contribution is 9.10. The minimum atomic E-state index is -0.394. The number of fused-ring (bicyclic) bond motifs is 1. The molecule has 2 aromatic carbocycles. The molecule has 3 aromatic rings. The molecule has 1 aliphatic heterocycles. The van der Waals surface area contributed by atoms with Gasteiger partial charge in [0.1, 0.15) is 19.0 Å². The summed E-state index contributed by atoms with van der Waals surface area (Å²) in [4.78, 5) is 17.8. The van der Waals surface area contributed by atoms with Crippen LogP contribution in [0, 0.1) is 12.3 Å². The zero-order valence-corrected chi connectivity index (χ0v) is 22.0. The fourth-order valence-corrected chi connectivity index (χ4v) is 5.42. The number of aromatic nitrogens is 3. The summed E-state index contributed by atoms with van der Waals surface area (Å²) in [6.45, 7) is 9.15. The Labute approximate surface area is 213 Å². The molecule has 2 aliphatic rings.